The van der Waals surface area contributed by atoms with E-state index in [4.69, 9.17) is 9.84 Å². The number of carbonyl (C=O) groups excluding carboxylic acids is 2. The molecule has 1 heterocycles. The first-order chi connectivity index (χ1) is 19.2. The van der Waals surface area contributed by atoms with Gasteiger partial charge in [0, 0.05) is 18.0 Å². The number of aromatic nitrogens is 2. The van der Waals surface area contributed by atoms with Crippen molar-refractivity contribution < 1.29 is 14.3 Å². The van der Waals surface area contributed by atoms with E-state index in [1.165, 1.54) is 0 Å². The first kappa shape index (κ1) is 28.8. The summed E-state index contributed by atoms with van der Waals surface area (Å²) in [5.74, 6) is 0.0458. The number of ether oxygens (including phenoxy) is 1. The minimum atomic E-state index is -0.292. The highest BCUT2D eigenvalue weighted by molar-refractivity contribution is 5.94. The van der Waals surface area contributed by atoms with E-state index in [1.54, 1.807) is 9.58 Å². The number of amides is 2. The van der Waals surface area contributed by atoms with Gasteiger partial charge in [-0.1, -0.05) is 99.6 Å². The Morgan fingerprint density at radius 2 is 1.52 bits per heavy atom. The van der Waals surface area contributed by atoms with Crippen LogP contribution in [0.2, 0.25) is 0 Å². The van der Waals surface area contributed by atoms with Gasteiger partial charge in [-0.15, -0.1) is 0 Å². The van der Waals surface area contributed by atoms with Gasteiger partial charge in [-0.05, 0) is 36.1 Å². The third-order valence-corrected chi connectivity index (χ3v) is 6.63. The van der Waals surface area contributed by atoms with Crippen LogP contribution in [0.3, 0.4) is 0 Å². The quantitative estimate of drug-likeness (QED) is 0.266. The highest BCUT2D eigenvalue weighted by Crippen LogP contribution is 2.27. The second kappa shape index (κ2) is 13.2. The molecule has 4 rings (SSSR count). The third-order valence-electron chi connectivity index (χ3n) is 6.63. The number of para-hydroxylation sites is 1. The van der Waals surface area contributed by atoms with Crippen LogP contribution < -0.4 is 5.32 Å². The lowest BCUT2D eigenvalue weighted by atomic mass is 9.92. The van der Waals surface area contributed by atoms with Gasteiger partial charge in [-0.25, -0.2) is 4.68 Å². The van der Waals surface area contributed by atoms with Crippen LogP contribution in [0.1, 0.15) is 43.2 Å². The third kappa shape index (κ3) is 7.90. The molecule has 7 nitrogen and oxygen atoms in total. The van der Waals surface area contributed by atoms with Crippen LogP contribution in [0.4, 0.5) is 5.82 Å². The normalized spacial score (nSPS) is 11.3. The molecule has 0 fully saturated rings. The number of hydrogen-bond acceptors (Lipinski definition) is 4. The number of hydrogen-bond donors (Lipinski definition) is 1. The summed E-state index contributed by atoms with van der Waals surface area (Å²) in [6, 6.07) is 29.5. The Morgan fingerprint density at radius 1 is 0.900 bits per heavy atom. The summed E-state index contributed by atoms with van der Waals surface area (Å²) in [7, 11) is 0. The van der Waals surface area contributed by atoms with E-state index in [1.807, 2.05) is 97.9 Å². The van der Waals surface area contributed by atoms with E-state index in [2.05, 4.69) is 26.1 Å². The van der Waals surface area contributed by atoms with E-state index in [-0.39, 0.29) is 30.4 Å². The van der Waals surface area contributed by atoms with Crippen LogP contribution in [-0.2, 0) is 32.8 Å². The topological polar surface area (TPSA) is 76.5 Å². The van der Waals surface area contributed by atoms with Gasteiger partial charge in [0.2, 0.25) is 11.8 Å². The molecule has 0 aliphatic heterocycles. The van der Waals surface area contributed by atoms with E-state index in [0.717, 1.165) is 28.1 Å². The van der Waals surface area contributed by atoms with Crippen LogP contribution in [0.15, 0.2) is 91.0 Å². The summed E-state index contributed by atoms with van der Waals surface area (Å²) in [4.78, 5) is 28.2. The molecule has 3 aromatic carbocycles. The molecule has 2 amide bonds. The van der Waals surface area contributed by atoms with Gasteiger partial charge in [-0.2, -0.15) is 5.10 Å². The zero-order valence-corrected chi connectivity index (χ0v) is 23.8. The van der Waals surface area contributed by atoms with Gasteiger partial charge in [0.15, 0.2) is 0 Å². The van der Waals surface area contributed by atoms with Crippen molar-refractivity contribution in [2.75, 3.05) is 25.0 Å². The predicted octanol–water partition coefficient (Wildman–Crippen LogP) is 5.70. The smallest absolute Gasteiger partial charge is 0.249 e. The van der Waals surface area contributed by atoms with Crippen LogP contribution >= 0.6 is 0 Å². The van der Waals surface area contributed by atoms with Gasteiger partial charge in [-0.3, -0.25) is 9.59 Å². The summed E-state index contributed by atoms with van der Waals surface area (Å²) in [5.41, 5.74) is 4.66. The number of nitrogens with one attached hydrogen (secondary N) is 1. The van der Waals surface area contributed by atoms with E-state index >= 15 is 0 Å². The number of nitrogens with zero attached hydrogens (tertiary/aromatic N) is 3. The van der Waals surface area contributed by atoms with Crippen LogP contribution in [0.25, 0.3) is 5.69 Å². The monoisotopic (exact) mass is 538 g/mol. The molecule has 40 heavy (non-hydrogen) atoms. The van der Waals surface area contributed by atoms with Gasteiger partial charge >= 0.3 is 0 Å². The molecular weight excluding hydrogens is 500 g/mol. The Bertz CT molecular complexity index is 1410. The first-order valence-corrected chi connectivity index (χ1v) is 13.6. The minimum Gasteiger partial charge on any atom is -0.367 e. The molecule has 1 aromatic heterocycles. The fraction of sp³-hybridized carbons (Fsp3) is 0.303. The molecular formula is C33H38N4O3. The van der Waals surface area contributed by atoms with Gasteiger partial charge < -0.3 is 15.0 Å². The molecule has 0 saturated heterocycles. The average molecular weight is 539 g/mol. The maximum absolute atomic E-state index is 13.4. The Morgan fingerprint density at radius 3 is 2.17 bits per heavy atom. The summed E-state index contributed by atoms with van der Waals surface area (Å²) in [5, 5.41) is 7.85. The zero-order chi connectivity index (χ0) is 28.5. The number of carbonyl (C=O) groups is 2. The van der Waals surface area contributed by atoms with E-state index < -0.39 is 0 Å². The Balaban J connectivity index is 1.49. The molecule has 0 bridgehead atoms. The Labute approximate surface area is 236 Å². The number of rotatable bonds is 11. The lowest BCUT2D eigenvalue weighted by molar-refractivity contribution is -0.139. The van der Waals surface area contributed by atoms with Crippen LogP contribution in [-0.4, -0.2) is 46.2 Å². The number of benzene rings is 3. The molecule has 0 aliphatic carbocycles. The zero-order valence-electron chi connectivity index (χ0n) is 23.8. The molecule has 0 unspecified atom stereocenters. The minimum absolute atomic E-state index is 0.0931. The highest BCUT2D eigenvalue weighted by atomic mass is 16.5. The average Bonchev–Trinajstić information content (AvgIpc) is 3.36. The summed E-state index contributed by atoms with van der Waals surface area (Å²) in [6.45, 7) is 8.80. The van der Waals surface area contributed by atoms with Crippen molar-refractivity contribution in [2.24, 2.45) is 0 Å². The molecule has 0 radical (unpaired) electrons. The highest BCUT2D eigenvalue weighted by Gasteiger charge is 2.23. The Hall–Kier alpha value is -4.23. The van der Waals surface area contributed by atoms with Crippen molar-refractivity contribution in [3.05, 3.63) is 113 Å². The van der Waals surface area contributed by atoms with Crippen molar-refractivity contribution in [1.82, 2.24) is 14.7 Å². The lowest BCUT2D eigenvalue weighted by Crippen LogP contribution is -2.41. The van der Waals surface area contributed by atoms with Gasteiger partial charge in [0.1, 0.15) is 12.4 Å². The predicted molar refractivity (Wildman–Crippen MR) is 158 cm³/mol. The molecule has 0 spiro atoms. The molecule has 0 aliphatic rings. The van der Waals surface area contributed by atoms with Crippen molar-refractivity contribution in [3.8, 4) is 5.69 Å². The fourth-order valence-corrected chi connectivity index (χ4v) is 4.30. The fourth-order valence-electron chi connectivity index (χ4n) is 4.30. The second-order valence-corrected chi connectivity index (χ2v) is 10.9. The van der Waals surface area contributed by atoms with Crippen LogP contribution in [0, 0.1) is 6.92 Å². The first-order valence-electron chi connectivity index (χ1n) is 13.6. The molecule has 208 valence electrons. The van der Waals surface area contributed by atoms with Crippen LogP contribution in [0.5, 0.6) is 0 Å². The van der Waals surface area contributed by atoms with Gasteiger partial charge in [0.05, 0.1) is 24.5 Å². The van der Waals surface area contributed by atoms with Crippen molar-refractivity contribution in [1.29, 1.82) is 0 Å². The van der Waals surface area contributed by atoms with E-state index in [9.17, 15) is 9.59 Å². The molecule has 7 heteroatoms. The molecule has 0 atom stereocenters. The van der Waals surface area contributed by atoms with Crippen molar-refractivity contribution in [2.45, 2.75) is 46.1 Å². The van der Waals surface area contributed by atoms with Crippen molar-refractivity contribution in [3.63, 3.8) is 0 Å². The van der Waals surface area contributed by atoms with Crippen molar-refractivity contribution >= 4 is 17.6 Å². The van der Waals surface area contributed by atoms with E-state index in [0.29, 0.717) is 25.4 Å². The lowest BCUT2D eigenvalue weighted by Gasteiger charge is -2.22. The SMILES string of the molecule is Cc1ccccc1-n1nc(C(C)(C)C)cc1NC(=O)CN(CCc1ccccc1)C(=O)COCc1ccccc1. The maximum atomic E-state index is 13.4. The second-order valence-electron chi connectivity index (χ2n) is 10.9. The number of anilines is 1. The standard InChI is InChI=1S/C33H38N4O3/c1-25-13-11-12-18-28(25)37-30(21-29(35-37)33(2,3)4)34-31(38)22-36(20-19-26-14-7-5-8-15-26)32(39)24-40-23-27-16-9-6-10-17-27/h5-18,21H,19-20,22-24H2,1-4H3,(H,34,38). The molecule has 1 N–H and O–H groups in total. The summed E-state index contributed by atoms with van der Waals surface area (Å²) in [6.07, 6.45) is 0.633. The van der Waals surface area contributed by atoms with Gasteiger partial charge in [0.25, 0.3) is 0 Å². The number of aryl methyl sites for hydroxylation is 1. The summed E-state index contributed by atoms with van der Waals surface area (Å²) < 4.78 is 7.48. The molecule has 0 saturated carbocycles. The maximum Gasteiger partial charge on any atom is 0.249 e. The molecule has 4 aromatic rings. The largest absolute Gasteiger partial charge is 0.367 e. The Kier molecular flexibility index (Phi) is 9.51. The summed E-state index contributed by atoms with van der Waals surface area (Å²) >= 11 is 0.